The third-order valence-corrected chi connectivity index (χ3v) is 8.41. The summed E-state index contributed by atoms with van der Waals surface area (Å²) in [4.78, 5) is 26.1. The molecule has 196 valence electrons. The molecule has 2 heterocycles. The number of hydrogen-bond acceptors (Lipinski definition) is 6. The smallest absolute Gasteiger partial charge is 0.276 e. The maximum atomic E-state index is 13.7. The van der Waals surface area contributed by atoms with Gasteiger partial charge in [-0.3, -0.25) is 19.9 Å². The minimum absolute atomic E-state index is 0.0358. The number of H-pyrrole nitrogens is 1. The number of nitrogens with zero attached hydrogens (tertiary/aromatic N) is 2. The lowest BCUT2D eigenvalue weighted by Gasteiger charge is -2.32. The maximum absolute atomic E-state index is 13.7. The number of rotatable bonds is 7. The fourth-order valence-corrected chi connectivity index (χ4v) is 6.20. The Bertz CT molecular complexity index is 1630. The standard InChI is InChI=1S/C27H26N4O6S/c1-2-18-8-6-7-11-23(18)37-20-12-14-21(15-13-20)38(35,36)30-17-16-22-24(25(30)26(32)29-34)27(33)31(28-22)19-9-4-3-5-10-19/h3-15,25,28,34H,2,16-17H2,1H3,(H,29,32). The van der Waals surface area contributed by atoms with Crippen LogP contribution in [0.3, 0.4) is 0 Å². The van der Waals surface area contributed by atoms with Crippen molar-refractivity contribution in [3.63, 3.8) is 0 Å². The van der Waals surface area contributed by atoms with E-state index in [0.29, 0.717) is 22.9 Å². The number of aromatic nitrogens is 2. The zero-order chi connectivity index (χ0) is 26.9. The van der Waals surface area contributed by atoms with Gasteiger partial charge >= 0.3 is 0 Å². The second kappa shape index (κ2) is 10.3. The first kappa shape index (κ1) is 25.5. The maximum Gasteiger partial charge on any atom is 0.276 e. The molecule has 38 heavy (non-hydrogen) atoms. The van der Waals surface area contributed by atoms with Crippen LogP contribution in [0.4, 0.5) is 0 Å². The van der Waals surface area contributed by atoms with Gasteiger partial charge in [-0.25, -0.2) is 18.6 Å². The number of hydrogen-bond donors (Lipinski definition) is 3. The highest BCUT2D eigenvalue weighted by molar-refractivity contribution is 7.89. The number of aromatic amines is 1. The molecule has 3 N–H and O–H groups in total. The van der Waals surface area contributed by atoms with Gasteiger partial charge in [0.2, 0.25) is 10.0 Å². The van der Waals surface area contributed by atoms with Crippen molar-refractivity contribution in [3.05, 3.63) is 106 Å². The van der Waals surface area contributed by atoms with Gasteiger partial charge in [0.15, 0.2) is 0 Å². The molecule has 0 aliphatic carbocycles. The molecule has 1 aliphatic heterocycles. The highest BCUT2D eigenvalue weighted by Crippen LogP contribution is 2.34. The Morgan fingerprint density at radius 3 is 2.42 bits per heavy atom. The quantitative estimate of drug-likeness (QED) is 0.246. The Kier molecular flexibility index (Phi) is 6.89. The predicted octanol–water partition coefficient (Wildman–Crippen LogP) is 3.31. The zero-order valence-corrected chi connectivity index (χ0v) is 21.3. The minimum atomic E-state index is -4.24. The summed E-state index contributed by atoms with van der Waals surface area (Å²) >= 11 is 0. The van der Waals surface area contributed by atoms with E-state index in [4.69, 9.17) is 4.74 Å². The first-order valence-electron chi connectivity index (χ1n) is 12.1. The predicted molar refractivity (Wildman–Crippen MR) is 139 cm³/mol. The van der Waals surface area contributed by atoms with Gasteiger partial charge in [-0.15, -0.1) is 0 Å². The van der Waals surface area contributed by atoms with E-state index in [1.807, 2.05) is 31.2 Å². The van der Waals surface area contributed by atoms with Crippen molar-refractivity contribution >= 4 is 15.9 Å². The molecule has 11 heteroatoms. The molecule has 1 aliphatic rings. The van der Waals surface area contributed by atoms with Crippen LogP contribution in [0.25, 0.3) is 5.69 Å². The number of amides is 1. The second-order valence-electron chi connectivity index (χ2n) is 8.76. The van der Waals surface area contributed by atoms with Gasteiger partial charge in [-0.05, 0) is 54.4 Å². The van der Waals surface area contributed by atoms with Gasteiger partial charge in [-0.2, -0.15) is 4.31 Å². The molecule has 4 aromatic rings. The molecule has 1 amide bonds. The summed E-state index contributed by atoms with van der Waals surface area (Å²) in [5.74, 6) is 0.102. The molecular formula is C27H26N4O6S. The van der Waals surface area contributed by atoms with Crippen molar-refractivity contribution in [2.45, 2.75) is 30.7 Å². The third kappa shape index (κ3) is 4.51. The summed E-state index contributed by atoms with van der Waals surface area (Å²) in [6.07, 6.45) is 0.951. The first-order chi connectivity index (χ1) is 18.3. The van der Waals surface area contributed by atoms with Gasteiger partial charge in [-0.1, -0.05) is 43.3 Å². The van der Waals surface area contributed by atoms with Crippen LogP contribution < -0.4 is 15.8 Å². The van der Waals surface area contributed by atoms with Crippen molar-refractivity contribution in [1.29, 1.82) is 0 Å². The van der Waals surface area contributed by atoms with E-state index in [1.165, 1.54) is 34.4 Å². The Morgan fingerprint density at radius 2 is 1.74 bits per heavy atom. The number of nitrogens with one attached hydrogen (secondary N) is 2. The number of sulfonamides is 1. The van der Waals surface area contributed by atoms with Gasteiger partial charge in [0.1, 0.15) is 17.5 Å². The second-order valence-corrected chi connectivity index (χ2v) is 10.6. The zero-order valence-electron chi connectivity index (χ0n) is 20.5. The van der Waals surface area contributed by atoms with E-state index in [-0.39, 0.29) is 23.4 Å². The van der Waals surface area contributed by atoms with Crippen molar-refractivity contribution in [1.82, 2.24) is 19.6 Å². The van der Waals surface area contributed by atoms with E-state index < -0.39 is 27.5 Å². The Morgan fingerprint density at radius 1 is 1.05 bits per heavy atom. The van der Waals surface area contributed by atoms with E-state index in [1.54, 1.807) is 30.3 Å². The van der Waals surface area contributed by atoms with Crippen molar-refractivity contribution in [3.8, 4) is 17.2 Å². The number of carbonyl (C=O) groups excluding carboxylic acids is 1. The fourth-order valence-electron chi connectivity index (χ4n) is 4.64. The van der Waals surface area contributed by atoms with Gasteiger partial charge in [0, 0.05) is 18.7 Å². The van der Waals surface area contributed by atoms with Crippen molar-refractivity contribution in [2.75, 3.05) is 6.54 Å². The SMILES string of the molecule is CCc1ccccc1Oc1ccc(S(=O)(=O)N2CCc3[nH]n(-c4ccccc4)c(=O)c3C2C(=O)NO)cc1. The summed E-state index contributed by atoms with van der Waals surface area (Å²) < 4.78 is 35.5. The van der Waals surface area contributed by atoms with Crippen LogP contribution in [0.15, 0.2) is 88.6 Å². The molecule has 10 nitrogen and oxygen atoms in total. The molecule has 0 spiro atoms. The van der Waals surface area contributed by atoms with E-state index in [2.05, 4.69) is 5.10 Å². The lowest BCUT2D eigenvalue weighted by atomic mass is 10.0. The monoisotopic (exact) mass is 534 g/mol. The Labute approximate surface area is 219 Å². The van der Waals surface area contributed by atoms with Crippen molar-refractivity contribution in [2.24, 2.45) is 0 Å². The molecule has 1 unspecified atom stereocenters. The molecular weight excluding hydrogens is 508 g/mol. The van der Waals surface area contributed by atoms with Crippen molar-refractivity contribution < 1.29 is 23.2 Å². The first-order valence-corrected chi connectivity index (χ1v) is 13.5. The van der Waals surface area contributed by atoms with Crippen LogP contribution in [0, 0.1) is 0 Å². The van der Waals surface area contributed by atoms with Crippen LogP contribution in [-0.4, -0.2) is 40.2 Å². The molecule has 3 aromatic carbocycles. The topological polar surface area (TPSA) is 134 Å². The normalized spacial score (nSPS) is 15.6. The van der Waals surface area contributed by atoms with Crippen LogP contribution in [0.1, 0.15) is 29.8 Å². The van der Waals surface area contributed by atoms with Gasteiger partial charge in [0.05, 0.1) is 16.1 Å². The number of para-hydroxylation sites is 2. The number of fused-ring (bicyclic) bond motifs is 1. The summed E-state index contributed by atoms with van der Waals surface area (Å²) in [7, 11) is -4.24. The highest BCUT2D eigenvalue weighted by Gasteiger charge is 2.43. The molecule has 0 radical (unpaired) electrons. The summed E-state index contributed by atoms with van der Waals surface area (Å²) in [5.41, 5.74) is 2.89. The Hall–Kier alpha value is -4.19. The molecule has 0 saturated heterocycles. The number of aryl methyl sites for hydroxylation is 1. The van der Waals surface area contributed by atoms with Gasteiger partial charge in [0.25, 0.3) is 11.5 Å². The van der Waals surface area contributed by atoms with Crippen LogP contribution >= 0.6 is 0 Å². The minimum Gasteiger partial charge on any atom is -0.457 e. The largest absolute Gasteiger partial charge is 0.457 e. The average molecular weight is 535 g/mol. The number of hydroxylamine groups is 1. The summed E-state index contributed by atoms with van der Waals surface area (Å²) in [5, 5.41) is 12.4. The molecule has 0 bridgehead atoms. The lowest BCUT2D eigenvalue weighted by molar-refractivity contribution is -0.133. The lowest BCUT2D eigenvalue weighted by Crippen LogP contribution is -2.48. The van der Waals surface area contributed by atoms with E-state index in [0.717, 1.165) is 16.3 Å². The van der Waals surface area contributed by atoms with E-state index in [9.17, 15) is 23.2 Å². The number of benzene rings is 3. The highest BCUT2D eigenvalue weighted by atomic mass is 32.2. The van der Waals surface area contributed by atoms with E-state index >= 15 is 0 Å². The number of ether oxygens (including phenoxy) is 1. The van der Waals surface area contributed by atoms with Gasteiger partial charge < -0.3 is 4.74 Å². The molecule has 0 saturated carbocycles. The van der Waals surface area contributed by atoms with Crippen LogP contribution in [0.2, 0.25) is 0 Å². The third-order valence-electron chi connectivity index (χ3n) is 6.53. The number of carbonyl (C=O) groups is 1. The average Bonchev–Trinajstić information content (AvgIpc) is 3.29. The fraction of sp³-hybridized carbons (Fsp3) is 0.185. The Balaban J connectivity index is 1.49. The van der Waals surface area contributed by atoms with Crippen LogP contribution in [-0.2, 0) is 27.7 Å². The molecule has 5 rings (SSSR count). The molecule has 1 atom stereocenters. The van der Waals surface area contributed by atoms with Crippen LogP contribution in [0.5, 0.6) is 11.5 Å². The summed E-state index contributed by atoms with van der Waals surface area (Å²) in [6.45, 7) is 1.93. The summed E-state index contributed by atoms with van der Waals surface area (Å²) in [6, 6.07) is 20.6. The molecule has 1 aromatic heterocycles. The molecule has 0 fully saturated rings.